The summed E-state index contributed by atoms with van der Waals surface area (Å²) in [4.78, 5) is 36.3. The van der Waals surface area contributed by atoms with Crippen LogP contribution in [0.15, 0.2) is 52.7 Å². The summed E-state index contributed by atoms with van der Waals surface area (Å²) in [7, 11) is 0. The van der Waals surface area contributed by atoms with Crippen molar-refractivity contribution in [2.75, 3.05) is 11.1 Å². The number of hydrogen-bond acceptors (Lipinski definition) is 5. The van der Waals surface area contributed by atoms with Crippen LogP contribution in [0.1, 0.15) is 22.3 Å². The highest BCUT2D eigenvalue weighted by molar-refractivity contribution is 7.99. The Morgan fingerprint density at radius 2 is 1.74 bits per heavy atom. The van der Waals surface area contributed by atoms with Gasteiger partial charge in [0, 0.05) is 11.4 Å². The molecule has 2 heterocycles. The van der Waals surface area contributed by atoms with Gasteiger partial charge in [-0.25, -0.2) is 9.97 Å². The summed E-state index contributed by atoms with van der Waals surface area (Å²) in [5.41, 5.74) is 6.39. The van der Waals surface area contributed by atoms with Gasteiger partial charge in [0.2, 0.25) is 5.91 Å². The van der Waals surface area contributed by atoms with Gasteiger partial charge in [0.1, 0.15) is 0 Å². The summed E-state index contributed by atoms with van der Waals surface area (Å²) in [6.07, 6.45) is 1.36. The second-order valence-corrected chi connectivity index (χ2v) is 8.52. The zero-order valence-corrected chi connectivity index (χ0v) is 18.6. The lowest BCUT2D eigenvalue weighted by atomic mass is 10.1. The van der Waals surface area contributed by atoms with E-state index in [1.165, 1.54) is 18.1 Å². The van der Waals surface area contributed by atoms with Crippen molar-refractivity contribution < 1.29 is 4.79 Å². The number of rotatable bonds is 5. The second kappa shape index (κ2) is 8.39. The molecule has 1 amide bonds. The Labute approximate surface area is 183 Å². The van der Waals surface area contributed by atoms with E-state index < -0.39 is 0 Å². The molecule has 0 saturated carbocycles. The monoisotopic (exact) mass is 433 g/mol. The lowest BCUT2D eigenvalue weighted by molar-refractivity contribution is -0.113. The van der Waals surface area contributed by atoms with Gasteiger partial charge in [-0.3, -0.25) is 14.2 Å². The van der Waals surface area contributed by atoms with Gasteiger partial charge in [0.25, 0.3) is 5.56 Å². The smallest absolute Gasteiger partial charge is 0.278 e. The average molecular weight is 434 g/mol. The van der Waals surface area contributed by atoms with Gasteiger partial charge in [-0.2, -0.15) is 0 Å². The molecule has 2 N–H and O–H groups in total. The van der Waals surface area contributed by atoms with Gasteiger partial charge >= 0.3 is 0 Å². The van der Waals surface area contributed by atoms with Gasteiger partial charge in [0.05, 0.1) is 12.1 Å². The number of amides is 1. The number of aromatic nitrogens is 4. The summed E-state index contributed by atoms with van der Waals surface area (Å²) in [5, 5.41) is 3.55. The Morgan fingerprint density at radius 1 is 1.06 bits per heavy atom. The van der Waals surface area contributed by atoms with Crippen LogP contribution < -0.4 is 10.9 Å². The molecule has 4 aromatic rings. The minimum Gasteiger partial charge on any atom is -0.325 e. The van der Waals surface area contributed by atoms with Crippen LogP contribution in [-0.2, 0) is 4.79 Å². The summed E-state index contributed by atoms with van der Waals surface area (Å²) < 4.78 is 1.81. The van der Waals surface area contributed by atoms with Gasteiger partial charge in [-0.05, 0) is 51.0 Å². The van der Waals surface area contributed by atoms with Crippen molar-refractivity contribution >= 4 is 34.5 Å². The molecule has 31 heavy (non-hydrogen) atoms. The number of aromatic amines is 1. The molecule has 2 aromatic heterocycles. The van der Waals surface area contributed by atoms with Crippen LogP contribution in [0.3, 0.4) is 0 Å². The predicted octanol–water partition coefficient (Wildman–Crippen LogP) is 4.07. The molecule has 2 aromatic carbocycles. The Kier molecular flexibility index (Phi) is 5.65. The SMILES string of the molecule is Cc1ccc(-n2c(SCC(=O)Nc3c(C)cc(C)cc3C)nc3c(=O)[nH]cnc32)cc1. The third-order valence-corrected chi connectivity index (χ3v) is 5.92. The fourth-order valence-corrected chi connectivity index (χ4v) is 4.40. The molecule has 8 heteroatoms. The van der Waals surface area contributed by atoms with Gasteiger partial charge in [-0.1, -0.05) is 47.2 Å². The molecular weight excluding hydrogens is 410 g/mol. The average Bonchev–Trinajstić information content (AvgIpc) is 3.09. The number of benzene rings is 2. The number of H-pyrrole nitrogens is 1. The Balaban J connectivity index is 1.63. The standard InChI is InChI=1S/C23H23N5O2S/c1-13-5-7-17(8-6-13)28-21-20(22(30)25-12-24-21)27-23(28)31-11-18(29)26-19-15(3)9-14(2)10-16(19)4/h5-10,12H,11H2,1-4H3,(H,26,29)(H,24,25,30). The third-order valence-electron chi connectivity index (χ3n) is 4.99. The van der Waals surface area contributed by atoms with E-state index in [9.17, 15) is 9.59 Å². The topological polar surface area (TPSA) is 92.7 Å². The van der Waals surface area contributed by atoms with E-state index in [1.807, 2.05) is 68.7 Å². The van der Waals surface area contributed by atoms with Crippen LogP contribution >= 0.6 is 11.8 Å². The normalized spacial score (nSPS) is 11.1. The fraction of sp³-hybridized carbons (Fsp3) is 0.217. The van der Waals surface area contributed by atoms with Crippen LogP contribution in [0.4, 0.5) is 5.69 Å². The number of thioether (sulfide) groups is 1. The number of carbonyl (C=O) groups excluding carboxylic acids is 1. The van der Waals surface area contributed by atoms with Gasteiger partial charge in [0.15, 0.2) is 16.3 Å². The zero-order chi connectivity index (χ0) is 22.1. The maximum atomic E-state index is 12.7. The Morgan fingerprint density at radius 3 is 2.42 bits per heavy atom. The molecular formula is C23H23N5O2S. The molecule has 0 aliphatic rings. The van der Waals surface area contributed by atoms with E-state index in [0.29, 0.717) is 10.8 Å². The summed E-state index contributed by atoms with van der Waals surface area (Å²) in [6, 6.07) is 12.0. The van der Waals surface area contributed by atoms with Crippen molar-refractivity contribution in [1.82, 2.24) is 19.5 Å². The van der Waals surface area contributed by atoms with Crippen LogP contribution in [0, 0.1) is 27.7 Å². The number of carbonyl (C=O) groups is 1. The van der Waals surface area contributed by atoms with Crippen LogP contribution in [-0.4, -0.2) is 31.2 Å². The van der Waals surface area contributed by atoms with Crippen molar-refractivity contribution in [2.24, 2.45) is 0 Å². The highest BCUT2D eigenvalue weighted by atomic mass is 32.2. The van der Waals surface area contributed by atoms with Crippen LogP contribution in [0.2, 0.25) is 0 Å². The Bertz CT molecular complexity index is 1320. The zero-order valence-electron chi connectivity index (χ0n) is 17.8. The quantitative estimate of drug-likeness (QED) is 0.463. The van der Waals surface area contributed by atoms with E-state index in [0.717, 1.165) is 33.6 Å². The van der Waals surface area contributed by atoms with Crippen molar-refractivity contribution in [2.45, 2.75) is 32.9 Å². The minimum atomic E-state index is -0.312. The molecule has 4 rings (SSSR count). The third kappa shape index (κ3) is 4.25. The van der Waals surface area contributed by atoms with E-state index in [4.69, 9.17) is 0 Å². The van der Waals surface area contributed by atoms with Crippen LogP contribution in [0.25, 0.3) is 16.9 Å². The molecule has 0 saturated heterocycles. The van der Waals surface area contributed by atoms with E-state index >= 15 is 0 Å². The number of imidazole rings is 1. The molecule has 0 fully saturated rings. The van der Waals surface area contributed by atoms with Crippen molar-refractivity contribution in [3.63, 3.8) is 0 Å². The number of anilines is 1. The first-order chi connectivity index (χ1) is 14.8. The number of nitrogens with one attached hydrogen (secondary N) is 2. The largest absolute Gasteiger partial charge is 0.325 e. The molecule has 158 valence electrons. The van der Waals surface area contributed by atoms with Crippen molar-refractivity contribution in [1.29, 1.82) is 0 Å². The molecule has 0 aliphatic heterocycles. The van der Waals surface area contributed by atoms with Crippen molar-refractivity contribution in [3.05, 3.63) is 75.3 Å². The fourth-order valence-electron chi connectivity index (χ4n) is 3.59. The lowest BCUT2D eigenvalue weighted by Gasteiger charge is -2.13. The van der Waals surface area contributed by atoms with E-state index in [1.54, 1.807) is 0 Å². The van der Waals surface area contributed by atoms with E-state index in [-0.39, 0.29) is 22.7 Å². The lowest BCUT2D eigenvalue weighted by Crippen LogP contribution is -2.16. The molecule has 0 bridgehead atoms. The maximum absolute atomic E-state index is 12.7. The molecule has 0 atom stereocenters. The molecule has 7 nitrogen and oxygen atoms in total. The summed E-state index contributed by atoms with van der Waals surface area (Å²) in [5.74, 6) is 0.0178. The first-order valence-electron chi connectivity index (χ1n) is 9.87. The highest BCUT2D eigenvalue weighted by Crippen LogP contribution is 2.27. The van der Waals surface area contributed by atoms with Gasteiger partial charge in [-0.15, -0.1) is 0 Å². The molecule has 0 aliphatic carbocycles. The summed E-state index contributed by atoms with van der Waals surface area (Å²) in [6.45, 7) is 8.01. The number of hydrogen-bond donors (Lipinski definition) is 2. The molecule has 0 spiro atoms. The van der Waals surface area contributed by atoms with Crippen LogP contribution in [0.5, 0.6) is 0 Å². The van der Waals surface area contributed by atoms with Crippen molar-refractivity contribution in [3.8, 4) is 5.69 Å². The van der Waals surface area contributed by atoms with E-state index in [2.05, 4.69) is 20.3 Å². The Hall–Kier alpha value is -3.39. The second-order valence-electron chi connectivity index (χ2n) is 7.58. The number of aryl methyl sites for hydroxylation is 4. The first-order valence-corrected chi connectivity index (χ1v) is 10.9. The number of nitrogens with zero attached hydrogens (tertiary/aromatic N) is 3. The summed E-state index contributed by atoms with van der Waals surface area (Å²) >= 11 is 1.27. The number of fused-ring (bicyclic) bond motifs is 1. The predicted molar refractivity (Wildman–Crippen MR) is 124 cm³/mol. The van der Waals surface area contributed by atoms with Gasteiger partial charge < -0.3 is 10.3 Å². The maximum Gasteiger partial charge on any atom is 0.278 e. The highest BCUT2D eigenvalue weighted by Gasteiger charge is 2.18. The molecule has 0 radical (unpaired) electrons. The first kappa shape index (κ1) is 20.9. The minimum absolute atomic E-state index is 0.135. The molecule has 0 unspecified atom stereocenters.